The maximum Gasteiger partial charge on any atom is 0.511 e. The van der Waals surface area contributed by atoms with Gasteiger partial charge in [0, 0.05) is 19.6 Å². The molecule has 1 fully saturated rings. The maximum atomic E-state index is 10.6. The van der Waals surface area contributed by atoms with E-state index in [0.717, 1.165) is 44.8 Å². The van der Waals surface area contributed by atoms with Crippen molar-refractivity contribution in [1.29, 1.82) is 0 Å². The third kappa shape index (κ3) is 3.72. The third-order valence-corrected chi connectivity index (χ3v) is 2.97. The second-order valence-corrected chi connectivity index (χ2v) is 4.18. The average molecular weight is 251 g/mol. The number of benzene rings is 1. The monoisotopic (exact) mass is 251 g/mol. The average Bonchev–Trinajstić information content (AvgIpc) is 2.38. The molecule has 98 valence electrons. The van der Waals surface area contributed by atoms with E-state index in [1.54, 1.807) is 12.1 Å². The number of morpholine rings is 1. The van der Waals surface area contributed by atoms with Crippen LogP contribution < -0.4 is 4.74 Å². The molecule has 0 amide bonds. The van der Waals surface area contributed by atoms with Gasteiger partial charge in [-0.3, -0.25) is 4.90 Å². The molecule has 0 unspecified atom stereocenters. The molecule has 0 radical (unpaired) electrons. The summed E-state index contributed by atoms with van der Waals surface area (Å²) in [7, 11) is 0. The molecule has 1 saturated heterocycles. The summed E-state index contributed by atoms with van der Waals surface area (Å²) in [6.45, 7) is 4.30. The SMILES string of the molecule is O=C(O)Oc1ccccc1CCN1CCOCC1. The molecule has 18 heavy (non-hydrogen) atoms. The number of ether oxygens (including phenoxy) is 2. The van der Waals surface area contributed by atoms with Gasteiger partial charge in [-0.25, -0.2) is 4.79 Å². The Labute approximate surface area is 106 Å². The third-order valence-electron chi connectivity index (χ3n) is 2.97. The molecule has 2 rings (SSSR count). The summed E-state index contributed by atoms with van der Waals surface area (Å²) in [5, 5.41) is 8.66. The molecule has 1 aromatic rings. The molecule has 0 atom stereocenters. The Morgan fingerprint density at radius 2 is 2.06 bits per heavy atom. The molecule has 1 aliphatic rings. The van der Waals surface area contributed by atoms with Gasteiger partial charge in [0.1, 0.15) is 5.75 Å². The first kappa shape index (κ1) is 12.9. The Kier molecular flexibility index (Phi) is 4.55. The zero-order chi connectivity index (χ0) is 12.8. The minimum absolute atomic E-state index is 0.429. The maximum absolute atomic E-state index is 10.6. The fourth-order valence-corrected chi connectivity index (χ4v) is 2.01. The van der Waals surface area contributed by atoms with Crippen molar-refractivity contribution in [3.8, 4) is 5.75 Å². The number of carbonyl (C=O) groups is 1. The minimum atomic E-state index is -1.27. The summed E-state index contributed by atoms with van der Waals surface area (Å²) >= 11 is 0. The summed E-state index contributed by atoms with van der Waals surface area (Å²) in [4.78, 5) is 12.9. The Morgan fingerprint density at radius 1 is 1.33 bits per heavy atom. The predicted molar refractivity (Wildman–Crippen MR) is 66.1 cm³/mol. The summed E-state index contributed by atoms with van der Waals surface area (Å²) < 4.78 is 10.0. The summed E-state index contributed by atoms with van der Waals surface area (Å²) in [5.74, 6) is 0.429. The highest BCUT2D eigenvalue weighted by atomic mass is 16.7. The van der Waals surface area contributed by atoms with Crippen molar-refractivity contribution in [3.05, 3.63) is 29.8 Å². The normalized spacial score (nSPS) is 16.4. The smallest absolute Gasteiger partial charge is 0.449 e. The first-order valence-corrected chi connectivity index (χ1v) is 6.04. The van der Waals surface area contributed by atoms with Gasteiger partial charge >= 0.3 is 6.16 Å². The van der Waals surface area contributed by atoms with Gasteiger partial charge in [0.15, 0.2) is 0 Å². The Morgan fingerprint density at radius 3 is 2.78 bits per heavy atom. The molecule has 0 saturated carbocycles. The van der Waals surface area contributed by atoms with Crippen molar-refractivity contribution < 1.29 is 19.4 Å². The lowest BCUT2D eigenvalue weighted by Crippen LogP contribution is -2.37. The van der Waals surface area contributed by atoms with Gasteiger partial charge in [-0.15, -0.1) is 0 Å². The molecule has 1 heterocycles. The van der Waals surface area contributed by atoms with Crippen LogP contribution in [-0.4, -0.2) is 49.0 Å². The standard InChI is InChI=1S/C13H17NO4/c15-13(16)18-12-4-2-1-3-11(12)5-6-14-7-9-17-10-8-14/h1-4H,5-10H2,(H,15,16). The van der Waals surface area contributed by atoms with Crippen LogP contribution in [0.2, 0.25) is 0 Å². The van der Waals surface area contributed by atoms with Crippen LogP contribution in [0.4, 0.5) is 4.79 Å². The van der Waals surface area contributed by atoms with Crippen molar-refractivity contribution in [2.24, 2.45) is 0 Å². The van der Waals surface area contributed by atoms with E-state index in [9.17, 15) is 4.79 Å². The molecule has 0 aromatic heterocycles. The number of carboxylic acid groups (broad SMARTS) is 1. The van der Waals surface area contributed by atoms with Gasteiger partial charge in [-0.1, -0.05) is 18.2 Å². The molecular weight excluding hydrogens is 234 g/mol. The van der Waals surface area contributed by atoms with Crippen LogP contribution in [0.5, 0.6) is 5.75 Å². The highest BCUT2D eigenvalue weighted by molar-refractivity contribution is 5.62. The van der Waals surface area contributed by atoms with Crippen molar-refractivity contribution in [3.63, 3.8) is 0 Å². The molecule has 1 N–H and O–H groups in total. The molecule has 5 nitrogen and oxygen atoms in total. The van der Waals surface area contributed by atoms with E-state index in [1.165, 1.54) is 0 Å². The molecule has 0 bridgehead atoms. The molecular formula is C13H17NO4. The topological polar surface area (TPSA) is 59.0 Å². The fourth-order valence-electron chi connectivity index (χ4n) is 2.01. The molecule has 0 spiro atoms. The minimum Gasteiger partial charge on any atom is -0.449 e. The molecule has 5 heteroatoms. The van der Waals surface area contributed by atoms with E-state index in [4.69, 9.17) is 14.6 Å². The van der Waals surface area contributed by atoms with Gasteiger partial charge in [0.2, 0.25) is 0 Å². The van der Waals surface area contributed by atoms with Crippen LogP contribution in [0.15, 0.2) is 24.3 Å². The molecule has 1 aromatic carbocycles. The van der Waals surface area contributed by atoms with Crippen LogP contribution in [0.3, 0.4) is 0 Å². The van der Waals surface area contributed by atoms with Crippen LogP contribution >= 0.6 is 0 Å². The van der Waals surface area contributed by atoms with E-state index in [0.29, 0.717) is 5.75 Å². The largest absolute Gasteiger partial charge is 0.511 e. The molecule has 0 aliphatic carbocycles. The summed E-state index contributed by atoms with van der Waals surface area (Å²) in [6, 6.07) is 7.25. The fraction of sp³-hybridized carbons (Fsp3) is 0.462. The summed E-state index contributed by atoms with van der Waals surface area (Å²) in [6.07, 6.45) is -0.488. The number of hydrogen-bond donors (Lipinski definition) is 1. The zero-order valence-electron chi connectivity index (χ0n) is 10.2. The Bertz CT molecular complexity index is 402. The second kappa shape index (κ2) is 6.37. The highest BCUT2D eigenvalue weighted by Gasteiger charge is 2.12. The van der Waals surface area contributed by atoms with Crippen molar-refractivity contribution in [2.45, 2.75) is 6.42 Å². The van der Waals surface area contributed by atoms with Crippen molar-refractivity contribution >= 4 is 6.16 Å². The van der Waals surface area contributed by atoms with Gasteiger partial charge < -0.3 is 14.6 Å². The quantitative estimate of drug-likeness (QED) is 0.651. The number of nitrogens with zero attached hydrogens (tertiary/aromatic N) is 1. The lowest BCUT2D eigenvalue weighted by molar-refractivity contribution is 0.0384. The van der Waals surface area contributed by atoms with Crippen LogP contribution in [0.25, 0.3) is 0 Å². The predicted octanol–water partition coefficient (Wildman–Crippen LogP) is 1.62. The van der Waals surface area contributed by atoms with Crippen molar-refractivity contribution in [2.75, 3.05) is 32.8 Å². The highest BCUT2D eigenvalue weighted by Crippen LogP contribution is 2.19. The first-order valence-electron chi connectivity index (χ1n) is 6.04. The summed E-state index contributed by atoms with van der Waals surface area (Å²) in [5.41, 5.74) is 0.923. The number of hydrogen-bond acceptors (Lipinski definition) is 4. The van der Waals surface area contributed by atoms with Crippen molar-refractivity contribution in [1.82, 2.24) is 4.90 Å². The lowest BCUT2D eigenvalue weighted by Gasteiger charge is -2.26. The van der Waals surface area contributed by atoms with Gasteiger partial charge in [0.25, 0.3) is 0 Å². The van der Waals surface area contributed by atoms with E-state index >= 15 is 0 Å². The van der Waals surface area contributed by atoms with Crippen LogP contribution in [-0.2, 0) is 11.2 Å². The number of rotatable bonds is 4. The van der Waals surface area contributed by atoms with Gasteiger partial charge in [0.05, 0.1) is 13.2 Å². The Balaban J connectivity index is 1.93. The van der Waals surface area contributed by atoms with E-state index < -0.39 is 6.16 Å². The Hall–Kier alpha value is -1.59. The lowest BCUT2D eigenvalue weighted by atomic mass is 10.1. The van der Waals surface area contributed by atoms with E-state index in [2.05, 4.69) is 4.90 Å². The van der Waals surface area contributed by atoms with Crippen LogP contribution in [0.1, 0.15) is 5.56 Å². The first-order chi connectivity index (χ1) is 8.75. The van der Waals surface area contributed by atoms with Gasteiger partial charge in [-0.2, -0.15) is 0 Å². The van der Waals surface area contributed by atoms with E-state index in [1.807, 2.05) is 12.1 Å². The van der Waals surface area contributed by atoms with Crippen LogP contribution in [0, 0.1) is 0 Å². The van der Waals surface area contributed by atoms with E-state index in [-0.39, 0.29) is 0 Å². The number of para-hydroxylation sites is 1. The zero-order valence-corrected chi connectivity index (χ0v) is 10.2. The molecule has 1 aliphatic heterocycles. The second-order valence-electron chi connectivity index (χ2n) is 4.18. The van der Waals surface area contributed by atoms with Gasteiger partial charge in [-0.05, 0) is 18.1 Å².